The summed E-state index contributed by atoms with van der Waals surface area (Å²) in [6.07, 6.45) is 8.91. The predicted molar refractivity (Wildman–Crippen MR) is 125 cm³/mol. The number of carbonyl (C=O) groups excluding carboxylic acids is 2. The van der Waals surface area contributed by atoms with Gasteiger partial charge in [-0.1, -0.05) is 42.5 Å². The van der Waals surface area contributed by atoms with E-state index in [4.69, 9.17) is 4.74 Å². The highest BCUT2D eigenvalue weighted by molar-refractivity contribution is 5.94. The number of morpholine rings is 1. The Morgan fingerprint density at radius 1 is 1.18 bits per heavy atom. The number of aromatic nitrogens is 2. The molecule has 1 atom stereocenters. The third-order valence-electron chi connectivity index (χ3n) is 6.44. The molecular weight excluding hydrogens is 416 g/mol. The maximum Gasteiger partial charge on any atom is 0.274 e. The van der Waals surface area contributed by atoms with E-state index in [0.29, 0.717) is 38.4 Å². The molecule has 1 spiro atoms. The highest BCUT2D eigenvalue weighted by Gasteiger charge is 2.47. The Labute approximate surface area is 193 Å². The zero-order chi connectivity index (χ0) is 22.8. The molecule has 170 valence electrons. The highest BCUT2D eigenvalue weighted by atomic mass is 16.5. The highest BCUT2D eigenvalue weighted by Crippen LogP contribution is 2.28. The minimum Gasteiger partial charge on any atom is -0.361 e. The van der Waals surface area contributed by atoms with Crippen molar-refractivity contribution >= 4 is 17.5 Å². The SMILES string of the molecule is Cc1ccn2cc(C(=O)N3CCO[C@]4(CC=CCN(CCc5ccccc5)C4=O)C3)nc2c1. The summed E-state index contributed by atoms with van der Waals surface area (Å²) in [5.41, 5.74) is 2.35. The van der Waals surface area contributed by atoms with E-state index in [1.54, 1.807) is 11.1 Å². The average Bonchev–Trinajstić information content (AvgIpc) is 3.20. The molecule has 0 N–H and O–H groups in total. The van der Waals surface area contributed by atoms with Crippen molar-refractivity contribution in [3.8, 4) is 0 Å². The number of amides is 2. The second-order valence-corrected chi connectivity index (χ2v) is 8.83. The van der Waals surface area contributed by atoms with Crippen LogP contribution in [-0.2, 0) is 16.0 Å². The summed E-state index contributed by atoms with van der Waals surface area (Å²) in [6, 6.07) is 14.1. The molecule has 7 nitrogen and oxygen atoms in total. The summed E-state index contributed by atoms with van der Waals surface area (Å²) in [6.45, 7) is 4.15. The van der Waals surface area contributed by atoms with E-state index in [1.807, 2.05) is 64.9 Å². The summed E-state index contributed by atoms with van der Waals surface area (Å²) >= 11 is 0. The molecule has 33 heavy (non-hydrogen) atoms. The molecule has 4 heterocycles. The number of aryl methyl sites for hydroxylation is 1. The largest absolute Gasteiger partial charge is 0.361 e. The Bertz CT molecular complexity index is 1200. The van der Waals surface area contributed by atoms with Crippen LogP contribution in [0.3, 0.4) is 0 Å². The second kappa shape index (κ2) is 8.83. The maximum absolute atomic E-state index is 13.6. The normalized spacial score (nSPS) is 21.1. The Balaban J connectivity index is 1.34. The minimum atomic E-state index is -1.05. The first-order chi connectivity index (χ1) is 16.0. The van der Waals surface area contributed by atoms with Crippen LogP contribution in [-0.4, -0.2) is 69.4 Å². The number of fused-ring (bicyclic) bond motifs is 1. The van der Waals surface area contributed by atoms with E-state index in [2.05, 4.69) is 17.1 Å². The molecular formula is C26H28N4O3. The summed E-state index contributed by atoms with van der Waals surface area (Å²) in [7, 11) is 0. The van der Waals surface area contributed by atoms with Gasteiger partial charge >= 0.3 is 0 Å². The van der Waals surface area contributed by atoms with Gasteiger partial charge in [0.05, 0.1) is 13.2 Å². The number of hydrogen-bond acceptors (Lipinski definition) is 4. The number of carbonyl (C=O) groups is 2. The number of ether oxygens (including phenoxy) is 1. The van der Waals surface area contributed by atoms with E-state index < -0.39 is 5.60 Å². The fourth-order valence-electron chi connectivity index (χ4n) is 4.59. The summed E-state index contributed by atoms with van der Waals surface area (Å²) in [5.74, 6) is -0.220. The van der Waals surface area contributed by atoms with Gasteiger partial charge in [0.2, 0.25) is 0 Å². The van der Waals surface area contributed by atoms with E-state index >= 15 is 0 Å². The number of nitrogens with zero attached hydrogens (tertiary/aromatic N) is 4. The summed E-state index contributed by atoms with van der Waals surface area (Å²) in [4.78, 5) is 35.0. The lowest BCUT2D eigenvalue weighted by molar-refractivity contribution is -0.166. The van der Waals surface area contributed by atoms with Gasteiger partial charge in [-0.25, -0.2) is 4.98 Å². The first kappa shape index (κ1) is 21.4. The van der Waals surface area contributed by atoms with E-state index in [9.17, 15) is 9.59 Å². The van der Waals surface area contributed by atoms with Gasteiger partial charge in [-0.05, 0) is 36.6 Å². The van der Waals surface area contributed by atoms with Crippen molar-refractivity contribution in [2.24, 2.45) is 0 Å². The molecule has 0 saturated carbocycles. The Hall–Kier alpha value is -3.45. The zero-order valence-corrected chi connectivity index (χ0v) is 18.8. The predicted octanol–water partition coefficient (Wildman–Crippen LogP) is 2.89. The number of rotatable bonds is 4. The smallest absolute Gasteiger partial charge is 0.274 e. The lowest BCUT2D eigenvalue weighted by atomic mass is 9.95. The fourth-order valence-corrected chi connectivity index (χ4v) is 4.59. The van der Waals surface area contributed by atoms with Crippen molar-refractivity contribution in [3.05, 3.63) is 83.8 Å². The molecule has 2 aliphatic rings. The van der Waals surface area contributed by atoms with Crippen LogP contribution in [0, 0.1) is 6.92 Å². The second-order valence-electron chi connectivity index (χ2n) is 8.83. The van der Waals surface area contributed by atoms with Crippen LogP contribution in [0.1, 0.15) is 28.0 Å². The number of pyridine rings is 1. The summed E-state index contributed by atoms with van der Waals surface area (Å²) in [5, 5.41) is 0. The van der Waals surface area contributed by atoms with Crippen LogP contribution in [0.4, 0.5) is 0 Å². The van der Waals surface area contributed by atoms with Crippen molar-refractivity contribution in [2.45, 2.75) is 25.4 Å². The molecule has 1 saturated heterocycles. The molecule has 0 aliphatic carbocycles. The lowest BCUT2D eigenvalue weighted by Crippen LogP contribution is -2.61. The summed E-state index contributed by atoms with van der Waals surface area (Å²) < 4.78 is 7.96. The molecule has 1 fully saturated rings. The van der Waals surface area contributed by atoms with Gasteiger partial charge in [0.1, 0.15) is 11.3 Å². The van der Waals surface area contributed by atoms with Crippen LogP contribution in [0.5, 0.6) is 0 Å². The van der Waals surface area contributed by atoms with Crippen LogP contribution in [0.15, 0.2) is 67.0 Å². The quantitative estimate of drug-likeness (QED) is 0.581. The zero-order valence-electron chi connectivity index (χ0n) is 18.8. The Kier molecular flexibility index (Phi) is 5.72. The van der Waals surface area contributed by atoms with Crippen molar-refractivity contribution in [1.29, 1.82) is 0 Å². The van der Waals surface area contributed by atoms with Gasteiger partial charge in [-0.2, -0.15) is 0 Å². The molecule has 0 radical (unpaired) electrons. The van der Waals surface area contributed by atoms with Crippen molar-refractivity contribution in [2.75, 3.05) is 32.8 Å². The van der Waals surface area contributed by atoms with Crippen LogP contribution < -0.4 is 0 Å². The third kappa shape index (κ3) is 4.28. The first-order valence-corrected chi connectivity index (χ1v) is 11.4. The molecule has 0 unspecified atom stereocenters. The van der Waals surface area contributed by atoms with Gasteiger partial charge in [-0.15, -0.1) is 0 Å². The van der Waals surface area contributed by atoms with Crippen LogP contribution in [0.25, 0.3) is 5.65 Å². The molecule has 2 aliphatic heterocycles. The van der Waals surface area contributed by atoms with Crippen LogP contribution in [0.2, 0.25) is 0 Å². The van der Waals surface area contributed by atoms with Crippen molar-refractivity contribution in [1.82, 2.24) is 19.2 Å². The van der Waals surface area contributed by atoms with Gasteiger partial charge < -0.3 is 18.9 Å². The molecule has 1 aromatic carbocycles. The lowest BCUT2D eigenvalue weighted by Gasteiger charge is -2.42. The van der Waals surface area contributed by atoms with Crippen LogP contribution >= 0.6 is 0 Å². The average molecular weight is 445 g/mol. The van der Waals surface area contributed by atoms with Gasteiger partial charge in [0.25, 0.3) is 11.8 Å². The molecule has 7 heteroatoms. The Morgan fingerprint density at radius 2 is 2.03 bits per heavy atom. The van der Waals surface area contributed by atoms with Gasteiger partial charge in [-0.3, -0.25) is 9.59 Å². The van der Waals surface area contributed by atoms with Crippen molar-refractivity contribution in [3.63, 3.8) is 0 Å². The molecule has 5 rings (SSSR count). The number of imidazole rings is 1. The number of benzene rings is 1. The van der Waals surface area contributed by atoms with E-state index in [0.717, 1.165) is 17.6 Å². The monoisotopic (exact) mass is 444 g/mol. The first-order valence-electron chi connectivity index (χ1n) is 11.4. The molecule has 2 aromatic heterocycles. The maximum atomic E-state index is 13.6. The minimum absolute atomic E-state index is 0.0495. The molecule has 2 amide bonds. The third-order valence-corrected chi connectivity index (χ3v) is 6.44. The van der Waals surface area contributed by atoms with Gasteiger partial charge in [0.15, 0.2) is 5.60 Å². The molecule has 0 bridgehead atoms. The van der Waals surface area contributed by atoms with E-state index in [1.165, 1.54) is 5.56 Å². The standard InChI is InChI=1S/C26H28N4O3/c1-20-9-13-29-18-22(27-23(29)17-20)24(31)30-15-16-33-26(19-30)11-5-6-12-28(25(26)32)14-10-21-7-3-2-4-8-21/h2-9,13,17-18H,10-12,14-16,19H2,1H3/t26-/m1/s1. The van der Waals surface area contributed by atoms with Gasteiger partial charge in [0, 0.05) is 38.4 Å². The molecule has 3 aromatic rings. The fraction of sp³-hybridized carbons (Fsp3) is 0.346. The Morgan fingerprint density at radius 3 is 2.88 bits per heavy atom. The number of hydrogen-bond donors (Lipinski definition) is 0. The van der Waals surface area contributed by atoms with E-state index in [-0.39, 0.29) is 18.4 Å². The topological polar surface area (TPSA) is 67.2 Å². The van der Waals surface area contributed by atoms with Crippen molar-refractivity contribution < 1.29 is 14.3 Å².